The van der Waals surface area contributed by atoms with Gasteiger partial charge in [-0.3, -0.25) is 0 Å². The van der Waals surface area contributed by atoms with Crippen LogP contribution in [0.5, 0.6) is 0 Å². The summed E-state index contributed by atoms with van der Waals surface area (Å²) in [5.41, 5.74) is 2.26. The second-order valence-corrected chi connectivity index (χ2v) is 5.93. The molecule has 21 heavy (non-hydrogen) atoms. The molecule has 0 bridgehead atoms. The molecule has 2 aromatic rings. The van der Waals surface area contributed by atoms with E-state index in [1.54, 1.807) is 7.11 Å². The van der Waals surface area contributed by atoms with Crippen molar-refractivity contribution in [2.24, 2.45) is 0 Å². The highest BCUT2D eigenvalue weighted by Gasteiger charge is 2.08. The summed E-state index contributed by atoms with van der Waals surface area (Å²) in [5.74, 6) is 1.90. The molecule has 112 valence electrons. The molecule has 4 nitrogen and oxygen atoms in total. The lowest BCUT2D eigenvalue weighted by Gasteiger charge is -2.13. The Morgan fingerprint density at radius 2 is 2.00 bits per heavy atom. The van der Waals surface area contributed by atoms with Crippen LogP contribution in [0.2, 0.25) is 0 Å². The van der Waals surface area contributed by atoms with Crippen LogP contribution >= 0.6 is 15.9 Å². The zero-order chi connectivity index (χ0) is 15.2. The smallest absolute Gasteiger partial charge is 0.135 e. The number of anilines is 2. The third-order valence-corrected chi connectivity index (χ3v) is 3.49. The van der Waals surface area contributed by atoms with E-state index >= 15 is 0 Å². The Balaban J connectivity index is 2.25. The molecule has 0 unspecified atom stereocenters. The van der Waals surface area contributed by atoms with Gasteiger partial charge in [0.2, 0.25) is 0 Å². The van der Waals surface area contributed by atoms with Gasteiger partial charge in [-0.1, -0.05) is 32.0 Å². The molecule has 0 saturated carbocycles. The maximum atomic E-state index is 5.16. The summed E-state index contributed by atoms with van der Waals surface area (Å²) in [6.45, 7) is 4.86. The predicted octanol–water partition coefficient (Wildman–Crippen LogP) is 4.30. The van der Waals surface area contributed by atoms with Crippen LogP contribution in [0.25, 0.3) is 0 Å². The van der Waals surface area contributed by atoms with Gasteiger partial charge in [-0.15, -0.1) is 0 Å². The van der Waals surface area contributed by atoms with Gasteiger partial charge < -0.3 is 10.1 Å². The lowest BCUT2D eigenvalue weighted by molar-refractivity contribution is 0.202. The van der Waals surface area contributed by atoms with Crippen molar-refractivity contribution in [3.05, 3.63) is 46.3 Å². The Bertz CT molecular complexity index is 602. The van der Waals surface area contributed by atoms with Crippen LogP contribution in [-0.4, -0.2) is 23.7 Å². The summed E-state index contributed by atoms with van der Waals surface area (Å²) in [7, 11) is 1.71. The van der Waals surface area contributed by atoms with E-state index in [1.807, 2.05) is 18.2 Å². The van der Waals surface area contributed by atoms with Crippen molar-refractivity contribution in [1.82, 2.24) is 9.97 Å². The minimum absolute atomic E-state index is 0.284. The number of benzene rings is 1. The number of ether oxygens (including phenoxy) is 1. The molecule has 1 aromatic carbocycles. The molecule has 0 aliphatic carbocycles. The predicted molar refractivity (Wildman–Crippen MR) is 89.1 cm³/mol. The third-order valence-electron chi connectivity index (χ3n) is 3.08. The summed E-state index contributed by atoms with van der Waals surface area (Å²) >= 11 is 3.44. The van der Waals surface area contributed by atoms with Crippen LogP contribution in [0.1, 0.15) is 31.2 Å². The Morgan fingerprint density at radius 1 is 1.24 bits per heavy atom. The van der Waals surface area contributed by atoms with E-state index in [-0.39, 0.29) is 5.92 Å². The molecule has 1 N–H and O–H groups in total. The minimum Gasteiger partial charge on any atom is -0.384 e. The van der Waals surface area contributed by atoms with Crippen molar-refractivity contribution in [2.45, 2.75) is 26.2 Å². The van der Waals surface area contributed by atoms with Crippen molar-refractivity contribution in [3.8, 4) is 0 Å². The molecule has 0 radical (unpaired) electrons. The Hall–Kier alpha value is -1.46. The van der Waals surface area contributed by atoms with Crippen LogP contribution in [0.3, 0.4) is 0 Å². The molecule has 1 heterocycles. The molecular formula is C16H20BrN3O. The number of nitrogens with one attached hydrogen (secondary N) is 1. The molecule has 2 rings (SSSR count). The quantitative estimate of drug-likeness (QED) is 0.790. The first-order valence-electron chi connectivity index (χ1n) is 6.98. The molecule has 1 aromatic heterocycles. The van der Waals surface area contributed by atoms with E-state index in [0.29, 0.717) is 6.61 Å². The Morgan fingerprint density at radius 3 is 2.71 bits per heavy atom. The lowest BCUT2D eigenvalue weighted by atomic mass is 10.1. The third kappa shape index (κ3) is 4.51. The van der Waals surface area contributed by atoms with Crippen LogP contribution in [0.4, 0.5) is 11.5 Å². The fourth-order valence-corrected chi connectivity index (χ4v) is 2.37. The van der Waals surface area contributed by atoms with Gasteiger partial charge in [0.05, 0.1) is 6.61 Å². The first-order valence-corrected chi connectivity index (χ1v) is 7.77. The lowest BCUT2D eigenvalue weighted by Crippen LogP contribution is -2.04. The minimum atomic E-state index is 0.284. The number of para-hydroxylation sites is 1. The number of hydrogen-bond donors (Lipinski definition) is 1. The largest absolute Gasteiger partial charge is 0.384 e. The SMILES string of the molecule is COCCc1ccccc1Nc1cc(Br)nc(C(C)C)n1. The highest BCUT2D eigenvalue weighted by molar-refractivity contribution is 9.10. The second-order valence-electron chi connectivity index (χ2n) is 5.11. The van der Waals surface area contributed by atoms with E-state index in [4.69, 9.17) is 4.74 Å². The Kier molecular flexibility index (Phi) is 5.70. The topological polar surface area (TPSA) is 47.0 Å². The van der Waals surface area contributed by atoms with Crippen molar-refractivity contribution in [2.75, 3.05) is 19.0 Å². The van der Waals surface area contributed by atoms with Gasteiger partial charge in [0.15, 0.2) is 0 Å². The molecule has 0 aliphatic rings. The first-order chi connectivity index (χ1) is 10.1. The summed E-state index contributed by atoms with van der Waals surface area (Å²) in [4.78, 5) is 8.96. The molecular weight excluding hydrogens is 330 g/mol. The van der Waals surface area contributed by atoms with Gasteiger partial charge in [0.1, 0.15) is 16.2 Å². The van der Waals surface area contributed by atoms with Crippen LogP contribution in [-0.2, 0) is 11.2 Å². The normalized spacial score (nSPS) is 10.9. The van der Waals surface area contributed by atoms with Gasteiger partial charge in [-0.05, 0) is 34.0 Å². The molecule has 0 spiro atoms. The average Bonchev–Trinajstić information content (AvgIpc) is 2.45. The van der Waals surface area contributed by atoms with Crippen LogP contribution < -0.4 is 5.32 Å². The van der Waals surface area contributed by atoms with Crippen molar-refractivity contribution < 1.29 is 4.74 Å². The molecule has 0 aliphatic heterocycles. The maximum Gasteiger partial charge on any atom is 0.135 e. The Labute approximate surface area is 134 Å². The average molecular weight is 350 g/mol. The van der Waals surface area contributed by atoms with E-state index < -0.39 is 0 Å². The van der Waals surface area contributed by atoms with E-state index in [0.717, 1.165) is 28.4 Å². The second kappa shape index (κ2) is 7.52. The van der Waals surface area contributed by atoms with Crippen LogP contribution in [0, 0.1) is 0 Å². The molecule has 0 amide bonds. The zero-order valence-electron chi connectivity index (χ0n) is 12.6. The number of methoxy groups -OCH3 is 1. The van der Waals surface area contributed by atoms with Crippen molar-refractivity contribution in [3.63, 3.8) is 0 Å². The van der Waals surface area contributed by atoms with Gasteiger partial charge in [0, 0.05) is 24.8 Å². The standard InChI is InChI=1S/C16H20BrN3O/c1-11(2)16-19-14(17)10-15(20-16)18-13-7-5-4-6-12(13)8-9-21-3/h4-7,10-11H,8-9H2,1-3H3,(H,18,19,20). The van der Waals surface area contributed by atoms with E-state index in [2.05, 4.69) is 57.2 Å². The maximum absolute atomic E-state index is 5.16. The number of halogens is 1. The van der Waals surface area contributed by atoms with Gasteiger partial charge in [0.25, 0.3) is 0 Å². The first kappa shape index (κ1) is 15.9. The number of rotatable bonds is 6. The van der Waals surface area contributed by atoms with E-state index in [9.17, 15) is 0 Å². The summed E-state index contributed by atoms with van der Waals surface area (Å²) in [5, 5.41) is 3.38. The number of nitrogens with zero attached hydrogens (tertiary/aromatic N) is 2. The van der Waals surface area contributed by atoms with Crippen molar-refractivity contribution >= 4 is 27.4 Å². The number of hydrogen-bond acceptors (Lipinski definition) is 4. The fraction of sp³-hybridized carbons (Fsp3) is 0.375. The molecule has 0 saturated heterocycles. The molecule has 0 atom stereocenters. The van der Waals surface area contributed by atoms with Gasteiger partial charge in [-0.25, -0.2) is 9.97 Å². The van der Waals surface area contributed by atoms with Crippen LogP contribution in [0.15, 0.2) is 34.9 Å². The zero-order valence-corrected chi connectivity index (χ0v) is 14.1. The monoisotopic (exact) mass is 349 g/mol. The van der Waals surface area contributed by atoms with Gasteiger partial charge >= 0.3 is 0 Å². The number of aromatic nitrogens is 2. The fourth-order valence-electron chi connectivity index (χ4n) is 1.97. The van der Waals surface area contributed by atoms with E-state index in [1.165, 1.54) is 5.56 Å². The van der Waals surface area contributed by atoms with Gasteiger partial charge in [-0.2, -0.15) is 0 Å². The molecule has 0 fully saturated rings. The summed E-state index contributed by atoms with van der Waals surface area (Å²) in [6.07, 6.45) is 0.864. The summed E-state index contributed by atoms with van der Waals surface area (Å²) in [6, 6.07) is 10.1. The highest BCUT2D eigenvalue weighted by Crippen LogP contribution is 2.23. The summed E-state index contributed by atoms with van der Waals surface area (Å²) < 4.78 is 5.95. The van der Waals surface area contributed by atoms with Crippen molar-refractivity contribution in [1.29, 1.82) is 0 Å². The molecule has 5 heteroatoms. The highest BCUT2D eigenvalue weighted by atomic mass is 79.9.